The average molecular weight is 281 g/mol. The van der Waals surface area contributed by atoms with Gasteiger partial charge in [-0.1, -0.05) is 23.7 Å². The van der Waals surface area contributed by atoms with Crippen molar-refractivity contribution in [3.05, 3.63) is 29.3 Å². The fourth-order valence-corrected chi connectivity index (χ4v) is 1.41. The molecule has 0 bridgehead atoms. The zero-order valence-electron chi connectivity index (χ0n) is 8.21. The zero-order valence-corrected chi connectivity index (χ0v) is 8.21. The highest BCUT2D eigenvalue weighted by Gasteiger charge is 2.46. The van der Waals surface area contributed by atoms with Crippen LogP contribution < -0.4 is 5.46 Å². The number of rotatable bonds is 1. The third-order valence-corrected chi connectivity index (χ3v) is 2.04. The van der Waals surface area contributed by atoms with E-state index in [4.69, 9.17) is 0 Å². The molecule has 0 radical (unpaired) electrons. The summed E-state index contributed by atoms with van der Waals surface area (Å²) in [5, 5.41) is 0. The minimum Gasteiger partial charge on any atom is -0.445 e. The fraction of sp³-hybridized carbons (Fsp3) is 0.250. The largest absolute Gasteiger partial charge is 0.510 e. The summed E-state index contributed by atoms with van der Waals surface area (Å²) >= 11 is 0. The highest BCUT2D eigenvalue weighted by atomic mass is 19.4. The maximum atomic E-state index is 12.4. The molecule has 0 amide bonds. The van der Waals surface area contributed by atoms with Crippen LogP contribution >= 0.6 is 0 Å². The van der Waals surface area contributed by atoms with Gasteiger partial charge in [-0.15, -0.1) is 0 Å². The Morgan fingerprint density at radius 2 is 1.06 bits per heavy atom. The van der Waals surface area contributed by atoms with Crippen LogP contribution in [0.1, 0.15) is 11.1 Å². The quantitative estimate of drug-likeness (QED) is 0.543. The van der Waals surface area contributed by atoms with E-state index in [0.29, 0.717) is 0 Å². The molecule has 0 aliphatic heterocycles. The smallest absolute Gasteiger partial charge is 0.445 e. The van der Waals surface area contributed by atoms with Crippen LogP contribution in [0, 0.1) is 0 Å². The predicted octanol–water partition coefficient (Wildman–Crippen LogP) is 3.78. The Kier molecular flexibility index (Phi) is 3.35. The standard InChI is InChI=1S/C8H3BF9/c10-7(11,12)4-2-1-3-5(8(13,14)15)6(4)9(16,17)18/h1-3H/q-1. The molecule has 10 heteroatoms. The van der Waals surface area contributed by atoms with Gasteiger partial charge in [-0.2, -0.15) is 26.3 Å². The maximum absolute atomic E-state index is 12.4. The monoisotopic (exact) mass is 281 g/mol. The molecule has 0 heterocycles. The second kappa shape index (κ2) is 4.09. The van der Waals surface area contributed by atoms with E-state index in [1.54, 1.807) is 0 Å². The van der Waals surface area contributed by atoms with Gasteiger partial charge in [0.25, 0.3) is 0 Å². The Balaban J connectivity index is 3.68. The van der Waals surface area contributed by atoms with Gasteiger partial charge in [-0.3, -0.25) is 0 Å². The summed E-state index contributed by atoms with van der Waals surface area (Å²) < 4.78 is 111. The molecule has 0 nitrogen and oxygen atoms in total. The van der Waals surface area contributed by atoms with Crippen LogP contribution in [0.3, 0.4) is 0 Å². The number of hydrogen-bond donors (Lipinski definition) is 0. The normalized spacial score (nSPS) is 13.8. The van der Waals surface area contributed by atoms with E-state index in [-0.39, 0.29) is 18.2 Å². The van der Waals surface area contributed by atoms with Crippen molar-refractivity contribution in [1.29, 1.82) is 0 Å². The van der Waals surface area contributed by atoms with Gasteiger partial charge in [0.2, 0.25) is 0 Å². The van der Waals surface area contributed by atoms with Crippen LogP contribution in [0.15, 0.2) is 18.2 Å². The molecule has 0 aromatic heterocycles. The van der Waals surface area contributed by atoms with Crippen molar-refractivity contribution in [3.63, 3.8) is 0 Å². The van der Waals surface area contributed by atoms with Crippen molar-refractivity contribution >= 4 is 12.4 Å². The van der Waals surface area contributed by atoms with E-state index < -0.39 is 35.9 Å². The topological polar surface area (TPSA) is 0 Å². The number of hydrogen-bond acceptors (Lipinski definition) is 0. The van der Waals surface area contributed by atoms with E-state index in [9.17, 15) is 39.3 Å². The summed E-state index contributed by atoms with van der Waals surface area (Å²) in [6.07, 6.45) is -11.0. The summed E-state index contributed by atoms with van der Waals surface area (Å²) in [6, 6.07) is 0.233. The first-order valence-corrected chi connectivity index (χ1v) is 4.32. The first-order valence-electron chi connectivity index (χ1n) is 4.32. The fourth-order valence-electron chi connectivity index (χ4n) is 1.41. The van der Waals surface area contributed by atoms with Gasteiger partial charge in [-0.05, 0) is 0 Å². The zero-order chi connectivity index (χ0) is 14.4. The Bertz CT molecular complexity index is 407. The third kappa shape index (κ3) is 2.91. The maximum Gasteiger partial charge on any atom is 0.510 e. The van der Waals surface area contributed by atoms with Crippen molar-refractivity contribution < 1.29 is 39.3 Å². The van der Waals surface area contributed by atoms with Crippen LogP contribution in [0.25, 0.3) is 0 Å². The van der Waals surface area contributed by atoms with Gasteiger partial charge in [-0.25, -0.2) is 0 Å². The molecule has 102 valence electrons. The minimum absolute atomic E-state index is 0.0280. The molecule has 0 aliphatic carbocycles. The molecule has 0 unspecified atom stereocenters. The molecule has 0 atom stereocenters. The molecular formula is C8H3BF9-. The van der Waals surface area contributed by atoms with E-state index in [2.05, 4.69) is 0 Å². The first-order chi connectivity index (χ1) is 7.85. The van der Waals surface area contributed by atoms with Gasteiger partial charge >= 0.3 is 19.3 Å². The molecule has 1 aromatic rings. The SMILES string of the molecule is F[B-](F)(F)c1c(C(F)(F)F)cccc1C(F)(F)F. The molecule has 0 aliphatic rings. The van der Waals surface area contributed by atoms with Gasteiger partial charge < -0.3 is 12.9 Å². The van der Waals surface area contributed by atoms with Gasteiger partial charge in [0.05, 0.1) is 0 Å². The van der Waals surface area contributed by atoms with Gasteiger partial charge in [0, 0.05) is 11.1 Å². The lowest BCUT2D eigenvalue weighted by Crippen LogP contribution is -2.44. The molecule has 0 saturated heterocycles. The van der Waals surface area contributed by atoms with E-state index in [0.717, 1.165) is 0 Å². The molecule has 0 fully saturated rings. The Morgan fingerprint density at radius 3 is 1.28 bits per heavy atom. The Labute approximate surface area is 94.5 Å². The average Bonchev–Trinajstić information content (AvgIpc) is 2.12. The highest BCUT2D eigenvalue weighted by molar-refractivity contribution is 6.74. The lowest BCUT2D eigenvalue weighted by atomic mass is 9.73. The number of benzene rings is 1. The summed E-state index contributed by atoms with van der Waals surface area (Å²) in [5.74, 6) is 0. The molecule has 0 saturated carbocycles. The minimum atomic E-state index is -6.44. The van der Waals surface area contributed by atoms with E-state index in [1.807, 2.05) is 0 Å². The van der Waals surface area contributed by atoms with E-state index >= 15 is 0 Å². The number of alkyl halides is 6. The van der Waals surface area contributed by atoms with Crippen LogP contribution in [-0.4, -0.2) is 6.98 Å². The molecule has 0 N–H and O–H groups in total. The van der Waals surface area contributed by atoms with Gasteiger partial charge in [0.15, 0.2) is 0 Å². The molecule has 1 rings (SSSR count). The van der Waals surface area contributed by atoms with Crippen molar-refractivity contribution in [1.82, 2.24) is 0 Å². The Morgan fingerprint density at radius 1 is 0.722 bits per heavy atom. The Hall–Kier alpha value is -1.35. The van der Waals surface area contributed by atoms with Crippen LogP contribution in [0.4, 0.5) is 39.3 Å². The summed E-state index contributed by atoms with van der Waals surface area (Å²) in [7, 11) is 0. The summed E-state index contributed by atoms with van der Waals surface area (Å²) in [5.41, 5.74) is -7.31. The summed E-state index contributed by atoms with van der Waals surface area (Å²) in [6.45, 7) is -6.44. The predicted molar refractivity (Wildman–Crippen MR) is 45.2 cm³/mol. The van der Waals surface area contributed by atoms with Crippen LogP contribution in [-0.2, 0) is 12.4 Å². The first kappa shape index (κ1) is 14.7. The van der Waals surface area contributed by atoms with Crippen molar-refractivity contribution in [2.45, 2.75) is 12.4 Å². The second-order valence-electron chi connectivity index (χ2n) is 3.34. The lowest BCUT2D eigenvalue weighted by Gasteiger charge is -2.25. The third-order valence-electron chi connectivity index (χ3n) is 2.04. The van der Waals surface area contributed by atoms with Crippen molar-refractivity contribution in [2.24, 2.45) is 0 Å². The molecule has 0 spiro atoms. The lowest BCUT2D eigenvalue weighted by molar-refractivity contribution is -0.141. The molecular weight excluding hydrogens is 278 g/mol. The molecule has 1 aromatic carbocycles. The van der Waals surface area contributed by atoms with Crippen LogP contribution in [0.5, 0.6) is 0 Å². The highest BCUT2D eigenvalue weighted by Crippen LogP contribution is 2.36. The summed E-state index contributed by atoms with van der Waals surface area (Å²) in [4.78, 5) is 0. The second-order valence-corrected chi connectivity index (χ2v) is 3.34. The van der Waals surface area contributed by atoms with Crippen molar-refractivity contribution in [3.8, 4) is 0 Å². The van der Waals surface area contributed by atoms with Gasteiger partial charge in [0.1, 0.15) is 0 Å². The number of halogens is 9. The van der Waals surface area contributed by atoms with E-state index in [1.165, 1.54) is 0 Å². The van der Waals surface area contributed by atoms with Crippen LogP contribution in [0.2, 0.25) is 0 Å². The van der Waals surface area contributed by atoms with Crippen molar-refractivity contribution in [2.75, 3.05) is 0 Å². The molecule has 18 heavy (non-hydrogen) atoms.